The fraction of sp³-hybridized carbons (Fsp3) is 0. The summed E-state index contributed by atoms with van der Waals surface area (Å²) in [7, 11) is 0. The van der Waals surface area contributed by atoms with E-state index in [-0.39, 0.29) is 0 Å². The number of nitrogens with zero attached hydrogens (tertiary/aromatic N) is 4. The molecule has 4 aromatic carbocycles. The van der Waals surface area contributed by atoms with Gasteiger partial charge in [-0.1, -0.05) is 84.9 Å². The Labute approximate surface area is 284 Å². The number of pyridine rings is 3. The number of anilines is 1. The van der Waals surface area contributed by atoms with Crippen LogP contribution >= 0.6 is 0 Å². The molecule has 6 heteroatoms. The molecule has 0 atom stereocenters. The Bertz CT molecular complexity index is 2400. The van der Waals surface area contributed by atoms with E-state index in [1.54, 1.807) is 12.4 Å². The zero-order valence-electron chi connectivity index (χ0n) is 26.5. The van der Waals surface area contributed by atoms with Gasteiger partial charge < -0.3 is 0 Å². The fourth-order valence-corrected chi connectivity index (χ4v) is 6.14. The van der Waals surface area contributed by atoms with Gasteiger partial charge in [0.1, 0.15) is 5.71 Å². The first-order chi connectivity index (χ1) is 24.2. The van der Waals surface area contributed by atoms with Gasteiger partial charge in [-0.2, -0.15) is 5.10 Å². The third-order valence-corrected chi connectivity index (χ3v) is 8.63. The van der Waals surface area contributed by atoms with Gasteiger partial charge in [-0.15, -0.1) is 0 Å². The second kappa shape index (κ2) is 13.1. The van der Waals surface area contributed by atoms with Crippen molar-refractivity contribution in [1.82, 2.24) is 15.0 Å². The molecular weight excluding hydrogens is 601 g/mol. The zero-order chi connectivity index (χ0) is 33.0. The fourth-order valence-electron chi connectivity index (χ4n) is 6.14. The molecule has 0 aliphatic heterocycles. The van der Waals surface area contributed by atoms with E-state index in [4.69, 9.17) is 5.10 Å². The molecule has 3 aromatic heterocycles. The van der Waals surface area contributed by atoms with Crippen molar-refractivity contribution in [2.24, 2.45) is 5.10 Å². The molecule has 0 saturated heterocycles. The summed E-state index contributed by atoms with van der Waals surface area (Å²) in [5.41, 5.74) is 15.0. The minimum Gasteiger partial charge on any atom is -0.299 e. The highest BCUT2D eigenvalue weighted by Gasteiger charge is 2.21. The molecule has 7 aromatic rings. The third-order valence-electron chi connectivity index (χ3n) is 8.63. The predicted octanol–water partition coefficient (Wildman–Crippen LogP) is 9.99. The summed E-state index contributed by atoms with van der Waals surface area (Å²) < 4.78 is 0. The lowest BCUT2D eigenvalue weighted by Crippen LogP contribution is -2.19. The van der Waals surface area contributed by atoms with E-state index in [9.17, 15) is 5.41 Å². The first kappa shape index (κ1) is 29.6. The lowest BCUT2D eigenvalue weighted by molar-refractivity contribution is 1.33. The monoisotopic (exact) mass is 630 g/mol. The highest BCUT2D eigenvalue weighted by molar-refractivity contribution is 6.62. The number of fused-ring (bicyclic) bond motifs is 1. The first-order valence-corrected chi connectivity index (χ1v) is 16.0. The van der Waals surface area contributed by atoms with E-state index in [2.05, 4.69) is 93.2 Å². The molecule has 0 bridgehead atoms. The van der Waals surface area contributed by atoms with Crippen LogP contribution in [0, 0.1) is 5.41 Å². The maximum atomic E-state index is 9.21. The van der Waals surface area contributed by atoms with Crippen LogP contribution in [0.5, 0.6) is 0 Å². The Balaban J connectivity index is 1.15. The van der Waals surface area contributed by atoms with E-state index in [0.29, 0.717) is 11.4 Å². The van der Waals surface area contributed by atoms with E-state index in [0.717, 1.165) is 72.1 Å². The average molecular weight is 631 g/mol. The quantitative estimate of drug-likeness (QED) is 0.136. The maximum absolute atomic E-state index is 9.21. The predicted molar refractivity (Wildman–Crippen MR) is 201 cm³/mol. The Morgan fingerprint density at radius 2 is 1.16 bits per heavy atom. The summed E-state index contributed by atoms with van der Waals surface area (Å²) in [5, 5.41) is 16.3. The molecule has 49 heavy (non-hydrogen) atoms. The van der Waals surface area contributed by atoms with Gasteiger partial charge in [-0.3, -0.25) is 25.8 Å². The van der Waals surface area contributed by atoms with E-state index in [1.165, 1.54) is 0 Å². The highest BCUT2D eigenvalue weighted by atomic mass is 15.3. The van der Waals surface area contributed by atoms with Crippen molar-refractivity contribution >= 4 is 39.0 Å². The van der Waals surface area contributed by atoms with Crippen LogP contribution in [0.3, 0.4) is 0 Å². The van der Waals surface area contributed by atoms with E-state index < -0.39 is 0 Å². The van der Waals surface area contributed by atoms with Gasteiger partial charge in [0.25, 0.3) is 0 Å². The molecule has 6 nitrogen and oxygen atoms in total. The van der Waals surface area contributed by atoms with Gasteiger partial charge in [0, 0.05) is 64.8 Å². The van der Waals surface area contributed by atoms with E-state index >= 15 is 0 Å². The van der Waals surface area contributed by atoms with Gasteiger partial charge in [0.15, 0.2) is 0 Å². The first-order valence-electron chi connectivity index (χ1n) is 16.0. The molecule has 1 aliphatic rings. The zero-order valence-corrected chi connectivity index (χ0v) is 26.5. The molecule has 2 N–H and O–H groups in total. The van der Waals surface area contributed by atoms with Crippen LogP contribution in [0.1, 0.15) is 11.1 Å². The second-order valence-corrected chi connectivity index (χ2v) is 11.8. The van der Waals surface area contributed by atoms with Crippen molar-refractivity contribution in [2.75, 3.05) is 5.43 Å². The topological polar surface area (TPSA) is 86.9 Å². The Kier molecular flexibility index (Phi) is 7.94. The number of aromatic nitrogens is 3. The van der Waals surface area contributed by atoms with Crippen molar-refractivity contribution in [3.05, 3.63) is 182 Å². The van der Waals surface area contributed by atoms with Crippen molar-refractivity contribution in [1.29, 1.82) is 5.41 Å². The molecule has 1 aliphatic carbocycles. The Morgan fingerprint density at radius 1 is 0.510 bits per heavy atom. The number of hydrogen-bond donors (Lipinski definition) is 2. The van der Waals surface area contributed by atoms with Crippen LogP contribution in [0.4, 0.5) is 5.69 Å². The second-order valence-electron chi connectivity index (χ2n) is 11.8. The molecule has 232 valence electrons. The third kappa shape index (κ3) is 6.19. The number of benzene rings is 4. The number of allylic oxidation sites excluding steroid dienone is 4. The number of hydrazone groups is 1. The standard InChI is InChI=1S/C43H30N6/c44-42-24-37(32-10-3-8-30(21-32)34-12-5-19-45-25-34)23-40(33-11-4-9-31(22-33)35-13-6-20-46-26-35)43(42)49-48-38-17-15-29(16-18-38)41-28-47-27-36-7-1-2-14-39(36)41/h1-28,44,48H/b44-42?,49-43-. The van der Waals surface area contributed by atoms with Crippen LogP contribution in [0.25, 0.3) is 55.3 Å². The van der Waals surface area contributed by atoms with Gasteiger partial charge in [-0.25, -0.2) is 0 Å². The SMILES string of the molecule is N=C1C=C(c2cccc(-c3cccnc3)c2)C=C(c2cccc(-c3cccnc3)c2)/C1=N/Nc1ccc(-c2cncc3ccccc23)cc1. The molecule has 0 amide bonds. The van der Waals surface area contributed by atoms with E-state index in [1.807, 2.05) is 85.5 Å². The van der Waals surface area contributed by atoms with Crippen LogP contribution in [-0.4, -0.2) is 26.4 Å². The van der Waals surface area contributed by atoms with Gasteiger partial charge in [-0.05, 0) is 87.3 Å². The van der Waals surface area contributed by atoms with Gasteiger partial charge in [0.05, 0.1) is 11.4 Å². The van der Waals surface area contributed by atoms with Crippen LogP contribution < -0.4 is 5.43 Å². The maximum Gasteiger partial charge on any atom is 0.116 e. The van der Waals surface area contributed by atoms with Crippen LogP contribution in [0.2, 0.25) is 0 Å². The van der Waals surface area contributed by atoms with Crippen molar-refractivity contribution in [3.8, 4) is 33.4 Å². The average Bonchev–Trinajstić information content (AvgIpc) is 3.18. The summed E-state index contributed by atoms with van der Waals surface area (Å²) in [4.78, 5) is 13.1. The van der Waals surface area contributed by atoms with Crippen LogP contribution in [0.15, 0.2) is 176 Å². The lowest BCUT2D eigenvalue weighted by Gasteiger charge is -2.19. The summed E-state index contributed by atoms with van der Waals surface area (Å²) in [5.74, 6) is 0. The number of nitrogens with one attached hydrogen (secondary N) is 2. The summed E-state index contributed by atoms with van der Waals surface area (Å²) in [6.07, 6.45) is 15.1. The summed E-state index contributed by atoms with van der Waals surface area (Å²) in [6, 6.07) is 41.0. The number of hydrogen-bond acceptors (Lipinski definition) is 6. The largest absolute Gasteiger partial charge is 0.299 e. The highest BCUT2D eigenvalue weighted by Crippen LogP contribution is 2.33. The van der Waals surface area contributed by atoms with Crippen molar-refractivity contribution < 1.29 is 0 Å². The molecule has 0 spiro atoms. The lowest BCUT2D eigenvalue weighted by atomic mass is 9.86. The normalized spacial score (nSPS) is 13.6. The molecule has 3 heterocycles. The van der Waals surface area contributed by atoms with Crippen molar-refractivity contribution in [2.45, 2.75) is 0 Å². The summed E-state index contributed by atoms with van der Waals surface area (Å²) in [6.45, 7) is 0. The summed E-state index contributed by atoms with van der Waals surface area (Å²) >= 11 is 0. The minimum atomic E-state index is 0.317. The molecule has 0 unspecified atom stereocenters. The molecular formula is C43H30N6. The number of rotatable bonds is 7. The molecule has 8 rings (SSSR count). The van der Waals surface area contributed by atoms with Crippen molar-refractivity contribution in [3.63, 3.8) is 0 Å². The molecule has 0 fully saturated rings. The Morgan fingerprint density at radius 3 is 1.88 bits per heavy atom. The van der Waals surface area contributed by atoms with Gasteiger partial charge in [0.2, 0.25) is 0 Å². The van der Waals surface area contributed by atoms with Gasteiger partial charge >= 0.3 is 0 Å². The minimum absolute atomic E-state index is 0.317. The Hall–Kier alpha value is -6.79. The molecule has 0 saturated carbocycles. The molecule has 0 radical (unpaired) electrons. The smallest absolute Gasteiger partial charge is 0.116 e. The van der Waals surface area contributed by atoms with Crippen LogP contribution in [-0.2, 0) is 0 Å².